The van der Waals surface area contributed by atoms with Gasteiger partial charge in [-0.1, -0.05) is 18.2 Å². The Morgan fingerprint density at radius 1 is 0.967 bits per heavy atom. The normalized spacial score (nSPS) is 12.7. The topological polar surface area (TPSA) is 92.8 Å². The highest BCUT2D eigenvalue weighted by molar-refractivity contribution is 7.18. The van der Waals surface area contributed by atoms with E-state index in [0.29, 0.717) is 15.6 Å². The highest BCUT2D eigenvalue weighted by Gasteiger charge is 2.37. The lowest BCUT2D eigenvalue weighted by Gasteiger charge is -2.16. The minimum absolute atomic E-state index is 0.178. The van der Waals surface area contributed by atoms with E-state index < -0.39 is 23.7 Å². The van der Waals surface area contributed by atoms with Crippen molar-refractivity contribution in [1.29, 1.82) is 0 Å². The van der Waals surface area contributed by atoms with Crippen molar-refractivity contribution in [2.45, 2.75) is 6.92 Å². The molecule has 0 radical (unpaired) electrons. The number of amides is 3. The number of aryl methyl sites for hydroxylation is 1. The first kappa shape index (κ1) is 19.5. The highest BCUT2D eigenvalue weighted by atomic mass is 32.1. The molecule has 150 valence electrons. The molecule has 1 aromatic heterocycles. The Balaban J connectivity index is 1.60. The minimum Gasteiger partial charge on any atom is -0.465 e. The van der Waals surface area contributed by atoms with E-state index in [1.165, 1.54) is 25.3 Å². The first-order valence-electron chi connectivity index (χ1n) is 8.98. The smallest absolute Gasteiger partial charge is 0.348 e. The van der Waals surface area contributed by atoms with Gasteiger partial charge in [0, 0.05) is 5.56 Å². The number of rotatable bonds is 4. The Labute approximate surface area is 175 Å². The van der Waals surface area contributed by atoms with Gasteiger partial charge in [-0.05, 0) is 48.9 Å². The fourth-order valence-electron chi connectivity index (χ4n) is 3.21. The maximum Gasteiger partial charge on any atom is 0.348 e. The molecule has 0 unspecified atom stereocenters. The van der Waals surface area contributed by atoms with E-state index in [9.17, 15) is 19.2 Å². The monoisotopic (exact) mass is 420 g/mol. The minimum atomic E-state index is -0.488. The Morgan fingerprint density at radius 2 is 1.70 bits per heavy atom. The summed E-state index contributed by atoms with van der Waals surface area (Å²) >= 11 is 1.08. The first-order valence-corrected chi connectivity index (χ1v) is 9.80. The molecule has 8 heteroatoms. The van der Waals surface area contributed by atoms with E-state index >= 15 is 0 Å². The van der Waals surface area contributed by atoms with Crippen molar-refractivity contribution in [3.05, 3.63) is 81.7 Å². The third-order valence-corrected chi connectivity index (χ3v) is 5.72. The van der Waals surface area contributed by atoms with Crippen LogP contribution in [0.5, 0.6) is 0 Å². The Kier molecular flexibility index (Phi) is 4.93. The van der Waals surface area contributed by atoms with Crippen LogP contribution in [-0.2, 0) is 4.74 Å². The predicted octanol–water partition coefficient (Wildman–Crippen LogP) is 3.90. The average molecular weight is 420 g/mol. The summed E-state index contributed by atoms with van der Waals surface area (Å²) in [5, 5.41) is 3.15. The molecule has 4 rings (SSSR count). The molecule has 3 aromatic rings. The number of carbonyl (C=O) groups excluding carboxylic acids is 4. The Bertz CT molecular complexity index is 1210. The van der Waals surface area contributed by atoms with Crippen LogP contribution in [0.4, 0.5) is 10.7 Å². The zero-order chi connectivity index (χ0) is 21.4. The summed E-state index contributed by atoms with van der Waals surface area (Å²) < 4.78 is 4.65. The van der Waals surface area contributed by atoms with Gasteiger partial charge in [-0.2, -0.15) is 0 Å². The predicted molar refractivity (Wildman–Crippen MR) is 112 cm³/mol. The van der Waals surface area contributed by atoms with Gasteiger partial charge in [-0.3, -0.25) is 14.4 Å². The van der Waals surface area contributed by atoms with Gasteiger partial charge in [0.1, 0.15) is 4.88 Å². The molecule has 0 saturated carbocycles. The van der Waals surface area contributed by atoms with E-state index in [1.54, 1.807) is 24.3 Å². The van der Waals surface area contributed by atoms with Crippen molar-refractivity contribution in [2.75, 3.05) is 17.3 Å². The van der Waals surface area contributed by atoms with Crippen LogP contribution in [0.15, 0.2) is 54.6 Å². The number of carbonyl (C=O) groups is 4. The molecule has 1 aliphatic heterocycles. The number of hydrogen-bond donors (Lipinski definition) is 1. The number of methoxy groups -OCH3 is 1. The molecule has 0 aliphatic carbocycles. The molecule has 30 heavy (non-hydrogen) atoms. The van der Waals surface area contributed by atoms with Crippen molar-refractivity contribution in [2.24, 2.45) is 0 Å². The number of ether oxygens (including phenoxy) is 1. The molecule has 0 atom stereocenters. The summed E-state index contributed by atoms with van der Waals surface area (Å²) in [5.74, 6) is -1.83. The number of nitrogens with zero attached hydrogens (tertiary/aromatic N) is 1. The van der Waals surface area contributed by atoms with E-state index in [4.69, 9.17) is 0 Å². The number of imide groups is 1. The van der Waals surface area contributed by atoms with Crippen molar-refractivity contribution < 1.29 is 23.9 Å². The van der Waals surface area contributed by atoms with Crippen molar-refractivity contribution >= 4 is 45.7 Å². The number of benzene rings is 2. The van der Waals surface area contributed by atoms with Gasteiger partial charge in [-0.25, -0.2) is 9.69 Å². The fraction of sp³-hybridized carbons (Fsp3) is 0.0909. The van der Waals surface area contributed by atoms with E-state index in [0.717, 1.165) is 21.8 Å². The van der Waals surface area contributed by atoms with Gasteiger partial charge in [0.05, 0.1) is 28.9 Å². The molecule has 0 fully saturated rings. The molecule has 1 N–H and O–H groups in total. The van der Waals surface area contributed by atoms with Crippen LogP contribution in [0.2, 0.25) is 0 Å². The fourth-order valence-corrected chi connectivity index (χ4v) is 4.03. The SMILES string of the molecule is COC(=O)c1ccc(NC(=O)c2ccc3c(c2)C(=O)N(c2ccccc2C)C3=O)s1. The van der Waals surface area contributed by atoms with Crippen LogP contribution in [-0.4, -0.2) is 30.8 Å². The summed E-state index contributed by atoms with van der Waals surface area (Å²) in [6, 6.07) is 14.7. The summed E-state index contributed by atoms with van der Waals surface area (Å²) in [7, 11) is 1.28. The largest absolute Gasteiger partial charge is 0.465 e. The van der Waals surface area contributed by atoms with Gasteiger partial charge in [0.15, 0.2) is 0 Å². The number of esters is 1. The van der Waals surface area contributed by atoms with Gasteiger partial charge >= 0.3 is 5.97 Å². The third kappa shape index (κ3) is 3.27. The maximum atomic E-state index is 12.9. The molecule has 7 nitrogen and oxygen atoms in total. The second kappa shape index (κ2) is 7.57. The Hall–Kier alpha value is -3.78. The van der Waals surface area contributed by atoms with Crippen LogP contribution in [0.1, 0.15) is 46.3 Å². The zero-order valence-electron chi connectivity index (χ0n) is 16.1. The molecule has 1 aliphatic rings. The lowest BCUT2D eigenvalue weighted by atomic mass is 10.1. The van der Waals surface area contributed by atoms with Crippen molar-refractivity contribution in [1.82, 2.24) is 0 Å². The van der Waals surface area contributed by atoms with Gasteiger partial charge in [0.2, 0.25) is 0 Å². The number of fused-ring (bicyclic) bond motifs is 1. The second-order valence-electron chi connectivity index (χ2n) is 6.60. The number of para-hydroxylation sites is 1. The zero-order valence-corrected chi connectivity index (χ0v) is 16.9. The van der Waals surface area contributed by atoms with Crippen LogP contribution in [0, 0.1) is 6.92 Å². The summed E-state index contributed by atoms with van der Waals surface area (Å²) in [6.07, 6.45) is 0. The van der Waals surface area contributed by atoms with Gasteiger partial charge in [0.25, 0.3) is 17.7 Å². The molecule has 3 amide bonds. The van der Waals surface area contributed by atoms with Crippen LogP contribution in [0.25, 0.3) is 0 Å². The molecular formula is C22H16N2O5S. The number of anilines is 2. The number of nitrogens with one attached hydrogen (secondary N) is 1. The van der Waals surface area contributed by atoms with Crippen molar-refractivity contribution in [3.63, 3.8) is 0 Å². The lowest BCUT2D eigenvalue weighted by molar-refractivity contribution is 0.0605. The summed E-state index contributed by atoms with van der Waals surface area (Å²) in [5.41, 5.74) is 1.98. The van der Waals surface area contributed by atoms with E-state index in [1.807, 2.05) is 19.1 Å². The van der Waals surface area contributed by atoms with E-state index in [2.05, 4.69) is 10.1 Å². The Morgan fingerprint density at radius 3 is 2.43 bits per heavy atom. The number of hydrogen-bond acceptors (Lipinski definition) is 6. The van der Waals surface area contributed by atoms with Crippen LogP contribution >= 0.6 is 11.3 Å². The quantitative estimate of drug-likeness (QED) is 0.511. The molecule has 0 spiro atoms. The molecule has 0 bridgehead atoms. The van der Waals surface area contributed by atoms with Gasteiger partial charge < -0.3 is 10.1 Å². The van der Waals surface area contributed by atoms with Crippen LogP contribution in [0.3, 0.4) is 0 Å². The van der Waals surface area contributed by atoms with E-state index in [-0.39, 0.29) is 16.7 Å². The molecule has 0 saturated heterocycles. The van der Waals surface area contributed by atoms with Gasteiger partial charge in [-0.15, -0.1) is 11.3 Å². The summed E-state index contributed by atoms with van der Waals surface area (Å²) in [4.78, 5) is 51.4. The highest BCUT2D eigenvalue weighted by Crippen LogP contribution is 2.31. The first-order chi connectivity index (χ1) is 14.4. The molecule has 2 aromatic carbocycles. The van der Waals surface area contributed by atoms with Crippen LogP contribution < -0.4 is 10.2 Å². The lowest BCUT2D eigenvalue weighted by Crippen LogP contribution is -2.29. The average Bonchev–Trinajstić information content (AvgIpc) is 3.31. The standard InChI is InChI=1S/C22H16N2O5S/c1-12-5-3-4-6-16(12)24-20(26)14-8-7-13(11-15(14)21(24)27)19(25)23-18-10-9-17(30-18)22(28)29-2/h3-11H,1-2H3,(H,23,25). The molecular weight excluding hydrogens is 404 g/mol. The van der Waals surface area contributed by atoms with Crippen molar-refractivity contribution in [3.8, 4) is 0 Å². The third-order valence-electron chi connectivity index (χ3n) is 4.73. The maximum absolute atomic E-state index is 12.9. The molecule has 2 heterocycles. The summed E-state index contributed by atoms with van der Waals surface area (Å²) in [6.45, 7) is 1.82. The second-order valence-corrected chi connectivity index (χ2v) is 7.69. The number of thiophene rings is 1.